The van der Waals surface area contributed by atoms with Gasteiger partial charge in [-0.05, 0) is 31.0 Å². The van der Waals surface area contributed by atoms with Crippen LogP contribution in [0.1, 0.15) is 48.0 Å². The largest absolute Gasteiger partial charge is 0.506 e. The molecule has 1 aromatic carbocycles. The van der Waals surface area contributed by atoms with Crippen molar-refractivity contribution in [2.75, 3.05) is 13.7 Å². The maximum atomic E-state index is 13.6. The van der Waals surface area contributed by atoms with Crippen LogP contribution in [0, 0.1) is 0 Å². The second-order valence-corrected chi connectivity index (χ2v) is 10.5. The summed E-state index contributed by atoms with van der Waals surface area (Å²) in [6, 6.07) is 5.10. The summed E-state index contributed by atoms with van der Waals surface area (Å²) in [6.45, 7) is -0.355. The summed E-state index contributed by atoms with van der Waals surface area (Å²) in [7, 11) is -3.13. The average molecular weight is 507 g/mol. The molecule has 2 aromatic rings. The van der Waals surface area contributed by atoms with Crippen molar-refractivity contribution in [1.29, 1.82) is 0 Å². The summed E-state index contributed by atoms with van der Waals surface area (Å²) in [5, 5.41) is 12.8. The first kappa shape index (κ1) is 25.1. The Hall–Kier alpha value is -2.53. The Morgan fingerprint density at radius 1 is 1.24 bits per heavy atom. The number of nitrogens with one attached hydrogen (secondary N) is 1. The smallest absolute Gasteiger partial charge is 0.419 e. The third kappa shape index (κ3) is 5.03. The first-order valence-electron chi connectivity index (χ1n) is 10.0. The number of aromatic nitrogens is 1. The Bertz CT molecular complexity index is 1150. The lowest BCUT2D eigenvalue weighted by atomic mass is 9.88. The number of nitrogens with zero attached hydrogens (tertiary/aromatic N) is 1. The van der Waals surface area contributed by atoms with Crippen LogP contribution in [0.25, 0.3) is 0 Å². The topological polar surface area (TPSA) is 106 Å². The molecule has 1 aromatic heterocycles. The summed E-state index contributed by atoms with van der Waals surface area (Å²) < 4.78 is 70.3. The van der Waals surface area contributed by atoms with Crippen LogP contribution in [0.15, 0.2) is 35.2 Å². The molecule has 0 saturated heterocycles. The summed E-state index contributed by atoms with van der Waals surface area (Å²) in [6.07, 6.45) is -2.94. The van der Waals surface area contributed by atoms with Crippen LogP contribution in [0.2, 0.25) is 5.15 Å². The fraction of sp³-hybridized carbons (Fsp3) is 0.429. The number of rotatable bonds is 6. The first-order valence-corrected chi connectivity index (χ1v) is 11.9. The number of ether oxygens (including phenoxy) is 1. The van der Waals surface area contributed by atoms with E-state index in [1.54, 1.807) is 0 Å². The van der Waals surface area contributed by atoms with Crippen LogP contribution in [0.4, 0.5) is 13.2 Å². The second kappa shape index (κ2) is 9.38. The number of para-hydroxylation sites is 1. The van der Waals surface area contributed by atoms with Gasteiger partial charge < -0.3 is 15.2 Å². The number of phenols is 1. The van der Waals surface area contributed by atoms with E-state index in [1.165, 1.54) is 19.2 Å². The molecule has 1 aliphatic carbocycles. The zero-order valence-corrected chi connectivity index (χ0v) is 19.1. The molecular formula is C21H22ClF3N2O5S. The number of phenolic OH excluding ortho intramolecular Hbond substituents is 1. The SMILES string of the molecule is COc1cc(C(=O)NCC2(S(=O)(=O)c3cccc(C(F)(F)F)c3O)CCCCC2)cc(Cl)n1. The van der Waals surface area contributed by atoms with Gasteiger partial charge in [0.2, 0.25) is 5.88 Å². The summed E-state index contributed by atoms with van der Waals surface area (Å²) in [5.41, 5.74) is -1.35. The van der Waals surface area contributed by atoms with Crippen LogP contribution in [0.3, 0.4) is 0 Å². The van der Waals surface area contributed by atoms with Gasteiger partial charge in [-0.25, -0.2) is 13.4 Å². The molecule has 0 bridgehead atoms. The number of amides is 1. The quantitative estimate of drug-likeness (QED) is 0.563. The molecule has 1 amide bonds. The number of halogens is 4. The molecule has 0 spiro atoms. The standard InChI is InChI=1S/C21H22ClF3N2O5S/c1-32-17-11-13(10-16(22)27-17)19(29)26-12-20(8-3-2-4-9-20)33(30,31)15-7-5-6-14(18(15)28)21(23,24)25/h5-7,10-11,28H,2-4,8-9,12H2,1H3,(H,26,29). The molecular weight excluding hydrogens is 485 g/mol. The number of carbonyl (C=O) groups is 1. The van der Waals surface area contributed by atoms with E-state index < -0.39 is 42.9 Å². The number of benzene rings is 1. The number of methoxy groups -OCH3 is 1. The zero-order valence-electron chi connectivity index (χ0n) is 17.6. The summed E-state index contributed by atoms with van der Waals surface area (Å²) in [5.74, 6) is -1.90. The number of hydrogen-bond acceptors (Lipinski definition) is 6. The van der Waals surface area contributed by atoms with Crippen molar-refractivity contribution in [3.05, 3.63) is 46.6 Å². The number of alkyl halides is 3. The van der Waals surface area contributed by atoms with Gasteiger partial charge in [0.1, 0.15) is 15.8 Å². The molecule has 1 heterocycles. The monoisotopic (exact) mass is 506 g/mol. The lowest BCUT2D eigenvalue weighted by Crippen LogP contribution is -2.50. The molecule has 33 heavy (non-hydrogen) atoms. The minimum atomic E-state index is -4.93. The molecule has 180 valence electrons. The molecule has 1 fully saturated rings. The molecule has 7 nitrogen and oxygen atoms in total. The van der Waals surface area contributed by atoms with E-state index in [1.807, 2.05) is 0 Å². The highest BCUT2D eigenvalue weighted by atomic mass is 35.5. The Morgan fingerprint density at radius 2 is 1.91 bits per heavy atom. The summed E-state index contributed by atoms with van der Waals surface area (Å²) >= 11 is 5.88. The van der Waals surface area contributed by atoms with E-state index >= 15 is 0 Å². The van der Waals surface area contributed by atoms with Gasteiger partial charge in [-0.1, -0.05) is 36.9 Å². The van der Waals surface area contributed by atoms with E-state index in [2.05, 4.69) is 10.3 Å². The predicted octanol–water partition coefficient (Wildman–Crippen LogP) is 4.37. The van der Waals surface area contributed by atoms with Gasteiger partial charge in [0, 0.05) is 18.2 Å². The van der Waals surface area contributed by atoms with Crippen LogP contribution >= 0.6 is 11.6 Å². The first-order chi connectivity index (χ1) is 15.4. The number of pyridine rings is 1. The number of sulfone groups is 1. The van der Waals surface area contributed by atoms with Crippen molar-refractivity contribution < 1.29 is 36.2 Å². The van der Waals surface area contributed by atoms with Gasteiger partial charge >= 0.3 is 6.18 Å². The Balaban J connectivity index is 1.97. The molecule has 0 atom stereocenters. The van der Waals surface area contributed by atoms with Crippen molar-refractivity contribution >= 4 is 27.3 Å². The van der Waals surface area contributed by atoms with Crippen LogP contribution in [-0.2, 0) is 16.0 Å². The lowest BCUT2D eigenvalue weighted by molar-refractivity contribution is -0.139. The molecule has 2 N–H and O–H groups in total. The van der Waals surface area contributed by atoms with E-state index in [0.29, 0.717) is 18.9 Å². The molecule has 1 saturated carbocycles. The van der Waals surface area contributed by atoms with E-state index in [0.717, 1.165) is 18.6 Å². The molecule has 3 rings (SSSR count). The lowest BCUT2D eigenvalue weighted by Gasteiger charge is -2.37. The summed E-state index contributed by atoms with van der Waals surface area (Å²) in [4.78, 5) is 15.8. The Labute approximate surface area is 193 Å². The Morgan fingerprint density at radius 3 is 2.52 bits per heavy atom. The number of hydrogen-bond donors (Lipinski definition) is 2. The highest BCUT2D eigenvalue weighted by Gasteiger charge is 2.48. The van der Waals surface area contributed by atoms with Crippen molar-refractivity contribution in [2.45, 2.75) is 47.9 Å². The van der Waals surface area contributed by atoms with Gasteiger partial charge in [0.25, 0.3) is 5.91 Å². The second-order valence-electron chi connectivity index (χ2n) is 7.80. The van der Waals surface area contributed by atoms with Crippen molar-refractivity contribution in [1.82, 2.24) is 10.3 Å². The maximum Gasteiger partial charge on any atom is 0.419 e. The highest BCUT2D eigenvalue weighted by molar-refractivity contribution is 7.93. The fourth-order valence-electron chi connectivity index (χ4n) is 3.99. The van der Waals surface area contributed by atoms with E-state index in [-0.39, 0.29) is 36.0 Å². The van der Waals surface area contributed by atoms with Crippen molar-refractivity contribution in [3.8, 4) is 11.6 Å². The molecule has 1 aliphatic rings. The zero-order chi connectivity index (χ0) is 24.4. The van der Waals surface area contributed by atoms with Crippen LogP contribution in [-0.4, -0.2) is 42.8 Å². The van der Waals surface area contributed by atoms with E-state index in [4.69, 9.17) is 16.3 Å². The highest BCUT2D eigenvalue weighted by Crippen LogP contribution is 2.45. The van der Waals surface area contributed by atoms with Gasteiger partial charge in [-0.2, -0.15) is 13.2 Å². The molecule has 12 heteroatoms. The molecule has 0 radical (unpaired) electrons. The predicted molar refractivity (Wildman–Crippen MR) is 114 cm³/mol. The molecule has 0 unspecified atom stereocenters. The molecule has 0 aliphatic heterocycles. The van der Waals surface area contributed by atoms with Gasteiger partial charge in [-0.3, -0.25) is 4.79 Å². The number of aromatic hydroxyl groups is 1. The number of carbonyl (C=O) groups excluding carboxylic acids is 1. The Kier molecular flexibility index (Phi) is 7.13. The minimum Gasteiger partial charge on any atom is -0.506 e. The maximum absolute atomic E-state index is 13.6. The third-order valence-corrected chi connectivity index (χ3v) is 8.54. The van der Waals surface area contributed by atoms with E-state index in [9.17, 15) is 31.5 Å². The van der Waals surface area contributed by atoms with Gasteiger partial charge in [0.15, 0.2) is 9.84 Å². The normalized spacial score (nSPS) is 16.3. The van der Waals surface area contributed by atoms with Crippen LogP contribution in [0.5, 0.6) is 11.6 Å². The van der Waals surface area contributed by atoms with Crippen molar-refractivity contribution in [2.24, 2.45) is 0 Å². The minimum absolute atomic E-state index is 0.00612. The fourth-order valence-corrected chi connectivity index (χ4v) is 6.37. The van der Waals surface area contributed by atoms with Gasteiger partial charge in [-0.15, -0.1) is 0 Å². The third-order valence-electron chi connectivity index (χ3n) is 5.74. The van der Waals surface area contributed by atoms with Gasteiger partial charge in [0.05, 0.1) is 17.4 Å². The van der Waals surface area contributed by atoms with Crippen molar-refractivity contribution in [3.63, 3.8) is 0 Å². The average Bonchev–Trinajstić information content (AvgIpc) is 2.76. The van der Waals surface area contributed by atoms with Crippen LogP contribution < -0.4 is 10.1 Å².